The summed E-state index contributed by atoms with van der Waals surface area (Å²) >= 11 is 1.82. The molecule has 2 aromatic rings. The van der Waals surface area contributed by atoms with Crippen molar-refractivity contribution in [2.45, 2.75) is 23.2 Å². The van der Waals surface area contributed by atoms with Crippen LogP contribution in [0, 0.1) is 0 Å². The van der Waals surface area contributed by atoms with E-state index in [4.69, 9.17) is 0 Å². The molecule has 2 aromatic carbocycles. The topological polar surface area (TPSA) is 21.3 Å². The second-order valence-corrected chi connectivity index (χ2v) is 6.15. The van der Waals surface area contributed by atoms with Crippen LogP contribution in [0.5, 0.6) is 5.75 Å². The molecule has 0 spiro atoms. The van der Waals surface area contributed by atoms with E-state index in [1.807, 2.05) is 23.9 Å². The Morgan fingerprint density at radius 2 is 1.90 bits per heavy atom. The maximum Gasteiger partial charge on any atom is 0.387 e. The van der Waals surface area contributed by atoms with Crippen LogP contribution in [0.1, 0.15) is 5.56 Å². The third-order valence-corrected chi connectivity index (χ3v) is 4.66. The Morgan fingerprint density at radius 1 is 1.14 bits per heavy atom. The van der Waals surface area contributed by atoms with Crippen LogP contribution in [0.4, 0.5) is 14.5 Å². The Bertz CT molecular complexity index is 596. The first-order valence-corrected chi connectivity index (χ1v) is 7.62. The van der Waals surface area contributed by atoms with E-state index in [0.29, 0.717) is 17.5 Å². The summed E-state index contributed by atoms with van der Waals surface area (Å²) in [5.74, 6) is 0.188. The van der Waals surface area contributed by atoms with Crippen LogP contribution in [0.3, 0.4) is 0 Å². The zero-order valence-corrected chi connectivity index (χ0v) is 12.1. The Kier molecular flexibility index (Phi) is 4.29. The van der Waals surface area contributed by atoms with E-state index in [1.165, 1.54) is 10.5 Å². The van der Waals surface area contributed by atoms with Crippen LogP contribution < -0.4 is 10.1 Å². The summed E-state index contributed by atoms with van der Waals surface area (Å²) in [4.78, 5) is 1.31. The first-order valence-electron chi connectivity index (χ1n) is 6.74. The number of ether oxygens (including phenoxy) is 1. The number of nitrogens with one attached hydrogen (secondary N) is 1. The second-order valence-electron chi connectivity index (χ2n) is 4.81. The van der Waals surface area contributed by atoms with Gasteiger partial charge in [-0.25, -0.2) is 0 Å². The number of hydrogen-bond acceptors (Lipinski definition) is 3. The molecule has 1 unspecified atom stereocenters. The van der Waals surface area contributed by atoms with Gasteiger partial charge in [0.15, 0.2) is 0 Å². The zero-order valence-electron chi connectivity index (χ0n) is 11.3. The minimum absolute atomic E-state index is 0.188. The molecule has 0 radical (unpaired) electrons. The van der Waals surface area contributed by atoms with Crippen LogP contribution in [0.25, 0.3) is 0 Å². The highest BCUT2D eigenvalue weighted by Crippen LogP contribution is 2.37. The number of anilines is 1. The fraction of sp³-hybridized carbons (Fsp3) is 0.250. The number of thioether (sulfide) groups is 1. The fourth-order valence-electron chi connectivity index (χ4n) is 2.40. The summed E-state index contributed by atoms with van der Waals surface area (Å²) in [6.45, 7) is -2.10. The minimum Gasteiger partial charge on any atom is -0.433 e. The van der Waals surface area contributed by atoms with Gasteiger partial charge in [0.25, 0.3) is 0 Å². The van der Waals surface area contributed by atoms with E-state index in [-0.39, 0.29) is 5.75 Å². The van der Waals surface area contributed by atoms with Crippen molar-refractivity contribution in [1.82, 2.24) is 0 Å². The van der Waals surface area contributed by atoms with Crippen molar-refractivity contribution in [1.29, 1.82) is 0 Å². The lowest BCUT2D eigenvalue weighted by Gasteiger charge is -2.15. The normalized spacial score (nSPS) is 16.8. The lowest BCUT2D eigenvalue weighted by atomic mass is 10.1. The van der Waals surface area contributed by atoms with E-state index in [0.717, 1.165) is 6.42 Å². The van der Waals surface area contributed by atoms with Crippen LogP contribution in [-0.2, 0) is 6.42 Å². The number of hydrogen-bond donors (Lipinski definition) is 1. The molecule has 0 amide bonds. The van der Waals surface area contributed by atoms with Gasteiger partial charge in [-0.3, -0.25) is 0 Å². The van der Waals surface area contributed by atoms with Crippen molar-refractivity contribution < 1.29 is 13.5 Å². The fourth-order valence-corrected chi connectivity index (χ4v) is 3.65. The largest absolute Gasteiger partial charge is 0.433 e. The Labute approximate surface area is 126 Å². The molecule has 0 saturated heterocycles. The maximum absolute atomic E-state index is 12.4. The van der Waals surface area contributed by atoms with E-state index in [9.17, 15) is 8.78 Å². The third-order valence-electron chi connectivity index (χ3n) is 3.34. The van der Waals surface area contributed by atoms with Gasteiger partial charge in [-0.15, -0.1) is 11.8 Å². The highest BCUT2D eigenvalue weighted by atomic mass is 32.2. The van der Waals surface area contributed by atoms with Crippen molar-refractivity contribution in [3.05, 3.63) is 54.1 Å². The van der Waals surface area contributed by atoms with Gasteiger partial charge in [-0.2, -0.15) is 8.78 Å². The number of para-hydroxylation sites is 2. The standard InChI is InChI=1S/C16H15F2NOS/c17-16(18)20-14-7-3-2-6-13(14)19-10-12-9-11-5-1-4-8-15(11)21-12/h1-8,12,16,19H,9-10H2. The van der Waals surface area contributed by atoms with Gasteiger partial charge in [-0.05, 0) is 30.2 Å². The molecule has 0 aliphatic carbocycles. The monoisotopic (exact) mass is 307 g/mol. The van der Waals surface area contributed by atoms with Gasteiger partial charge in [0.05, 0.1) is 5.69 Å². The van der Waals surface area contributed by atoms with Gasteiger partial charge in [-0.1, -0.05) is 30.3 Å². The van der Waals surface area contributed by atoms with E-state index >= 15 is 0 Å². The van der Waals surface area contributed by atoms with Crippen molar-refractivity contribution in [2.75, 3.05) is 11.9 Å². The first kappa shape index (κ1) is 14.2. The van der Waals surface area contributed by atoms with Crippen LogP contribution in [0.2, 0.25) is 0 Å². The van der Waals surface area contributed by atoms with Gasteiger partial charge >= 0.3 is 6.61 Å². The first-order chi connectivity index (χ1) is 10.2. The number of fused-ring (bicyclic) bond motifs is 1. The quantitative estimate of drug-likeness (QED) is 0.883. The molecule has 5 heteroatoms. The lowest BCUT2D eigenvalue weighted by Crippen LogP contribution is -2.16. The Balaban J connectivity index is 1.62. The van der Waals surface area contributed by atoms with Gasteiger partial charge in [0.2, 0.25) is 0 Å². The van der Waals surface area contributed by atoms with Crippen molar-refractivity contribution in [3.63, 3.8) is 0 Å². The Hall–Kier alpha value is -1.75. The van der Waals surface area contributed by atoms with Crippen molar-refractivity contribution in [3.8, 4) is 5.75 Å². The zero-order chi connectivity index (χ0) is 14.7. The van der Waals surface area contributed by atoms with Gasteiger partial charge in [0, 0.05) is 16.7 Å². The van der Waals surface area contributed by atoms with E-state index in [2.05, 4.69) is 22.2 Å². The minimum atomic E-state index is -2.81. The van der Waals surface area contributed by atoms with Crippen molar-refractivity contribution >= 4 is 17.4 Å². The maximum atomic E-state index is 12.4. The molecule has 2 nitrogen and oxygen atoms in total. The smallest absolute Gasteiger partial charge is 0.387 e. The molecule has 0 bridgehead atoms. The average molecular weight is 307 g/mol. The predicted octanol–water partition coefficient (Wildman–Crippen LogP) is 4.42. The molecule has 110 valence electrons. The second kappa shape index (κ2) is 6.35. The highest BCUT2D eigenvalue weighted by Gasteiger charge is 2.21. The number of rotatable bonds is 5. The van der Waals surface area contributed by atoms with E-state index in [1.54, 1.807) is 24.3 Å². The van der Waals surface area contributed by atoms with Crippen LogP contribution >= 0.6 is 11.8 Å². The summed E-state index contributed by atoms with van der Waals surface area (Å²) in [5.41, 5.74) is 1.96. The Morgan fingerprint density at radius 3 is 2.71 bits per heavy atom. The molecule has 0 aromatic heterocycles. The van der Waals surface area contributed by atoms with Gasteiger partial charge < -0.3 is 10.1 Å². The number of halogens is 2. The summed E-state index contributed by atoms with van der Waals surface area (Å²) < 4.78 is 29.3. The molecule has 0 fully saturated rings. The predicted molar refractivity (Wildman–Crippen MR) is 81.4 cm³/mol. The highest BCUT2D eigenvalue weighted by molar-refractivity contribution is 8.00. The lowest BCUT2D eigenvalue weighted by molar-refractivity contribution is -0.0493. The SMILES string of the molecule is FC(F)Oc1ccccc1NCC1Cc2ccccc2S1. The molecule has 1 N–H and O–H groups in total. The van der Waals surface area contributed by atoms with Crippen molar-refractivity contribution in [2.24, 2.45) is 0 Å². The summed E-state index contributed by atoms with van der Waals surface area (Å²) in [5, 5.41) is 3.62. The molecule has 1 heterocycles. The number of alkyl halides is 2. The van der Waals surface area contributed by atoms with Gasteiger partial charge in [0.1, 0.15) is 5.75 Å². The third kappa shape index (κ3) is 3.47. The summed E-state index contributed by atoms with van der Waals surface area (Å²) in [7, 11) is 0. The molecule has 1 aliphatic rings. The molecular weight excluding hydrogens is 292 g/mol. The molecule has 1 aliphatic heterocycles. The summed E-state index contributed by atoms with van der Waals surface area (Å²) in [6.07, 6.45) is 0.992. The van der Waals surface area contributed by atoms with Crippen LogP contribution in [-0.4, -0.2) is 18.4 Å². The van der Waals surface area contributed by atoms with E-state index < -0.39 is 6.61 Å². The molecule has 21 heavy (non-hydrogen) atoms. The molecule has 1 atom stereocenters. The summed E-state index contributed by atoms with van der Waals surface area (Å²) in [6, 6.07) is 15.1. The van der Waals surface area contributed by atoms with Crippen LogP contribution in [0.15, 0.2) is 53.4 Å². The molecule has 0 saturated carbocycles. The molecular formula is C16H15F2NOS. The number of benzene rings is 2. The molecule has 3 rings (SSSR count). The average Bonchev–Trinajstić information content (AvgIpc) is 2.88.